The summed E-state index contributed by atoms with van der Waals surface area (Å²) < 4.78 is 33.5. The molecule has 33 heavy (non-hydrogen) atoms. The van der Waals surface area contributed by atoms with Gasteiger partial charge in [-0.3, -0.25) is 13.9 Å². The van der Waals surface area contributed by atoms with Crippen LogP contribution < -0.4 is 14.4 Å². The van der Waals surface area contributed by atoms with Crippen molar-refractivity contribution in [3.63, 3.8) is 0 Å². The summed E-state index contributed by atoms with van der Waals surface area (Å²) >= 11 is 0. The van der Waals surface area contributed by atoms with E-state index in [0.29, 0.717) is 24.4 Å². The fourth-order valence-corrected chi connectivity index (χ4v) is 5.74. The normalized spacial score (nSPS) is 18.1. The first-order valence-electron chi connectivity index (χ1n) is 11.2. The van der Waals surface area contributed by atoms with E-state index >= 15 is 0 Å². The molecule has 1 unspecified atom stereocenters. The van der Waals surface area contributed by atoms with E-state index in [1.54, 1.807) is 36.1 Å². The summed E-state index contributed by atoms with van der Waals surface area (Å²) in [5, 5.41) is 2.82. The third-order valence-electron chi connectivity index (χ3n) is 6.11. The number of hydrogen-bond donors (Lipinski definition) is 1. The monoisotopic (exact) mass is 471 g/mol. The van der Waals surface area contributed by atoms with E-state index in [1.807, 2.05) is 6.07 Å². The number of amides is 2. The smallest absolute Gasteiger partial charge is 0.264 e. The molecule has 0 bridgehead atoms. The molecule has 2 fully saturated rings. The highest BCUT2D eigenvalue weighted by atomic mass is 32.2. The number of nitrogens with zero attached hydrogens (tertiary/aromatic N) is 2. The number of nitrogens with one attached hydrogen (secondary N) is 1. The summed E-state index contributed by atoms with van der Waals surface area (Å²) in [4.78, 5) is 27.4. The molecule has 2 aromatic carbocycles. The number of rotatable bonds is 8. The Morgan fingerprint density at radius 2 is 1.85 bits per heavy atom. The average molecular weight is 472 g/mol. The Hall–Kier alpha value is -3.07. The lowest BCUT2D eigenvalue weighted by atomic mass is 10.2. The maximum Gasteiger partial charge on any atom is 0.264 e. The van der Waals surface area contributed by atoms with Crippen LogP contribution in [0, 0.1) is 5.92 Å². The SMILES string of the molecule is CCN(c1ccccc1)S(=O)(=O)c1ccc(OC)c(NC(=O)C2CCCN2C(=O)C2CC2)c1. The first-order chi connectivity index (χ1) is 15.9. The van der Waals surface area contributed by atoms with Gasteiger partial charge in [0.1, 0.15) is 11.8 Å². The number of ether oxygens (including phenoxy) is 1. The van der Waals surface area contributed by atoms with Crippen LogP contribution in [0.1, 0.15) is 32.6 Å². The van der Waals surface area contributed by atoms with Crippen molar-refractivity contribution >= 4 is 33.2 Å². The number of hydrogen-bond acceptors (Lipinski definition) is 5. The zero-order valence-corrected chi connectivity index (χ0v) is 19.7. The second-order valence-corrected chi connectivity index (χ2v) is 10.2. The maximum absolute atomic E-state index is 13.4. The minimum Gasteiger partial charge on any atom is -0.495 e. The predicted octanol–water partition coefficient (Wildman–Crippen LogP) is 3.25. The minimum atomic E-state index is -3.87. The quantitative estimate of drug-likeness (QED) is 0.638. The summed E-state index contributed by atoms with van der Waals surface area (Å²) in [6, 6.07) is 12.7. The molecule has 1 aliphatic carbocycles. The van der Waals surface area contributed by atoms with Crippen molar-refractivity contribution in [3.8, 4) is 5.75 Å². The van der Waals surface area contributed by atoms with Crippen molar-refractivity contribution < 1.29 is 22.7 Å². The van der Waals surface area contributed by atoms with Crippen LogP contribution in [-0.4, -0.2) is 51.4 Å². The van der Waals surface area contributed by atoms with Gasteiger partial charge in [0.15, 0.2) is 0 Å². The van der Waals surface area contributed by atoms with Crippen molar-refractivity contribution in [1.82, 2.24) is 4.90 Å². The van der Waals surface area contributed by atoms with Gasteiger partial charge in [-0.2, -0.15) is 0 Å². The second kappa shape index (κ2) is 9.43. The third kappa shape index (κ3) is 4.68. The van der Waals surface area contributed by atoms with E-state index in [-0.39, 0.29) is 34.9 Å². The van der Waals surface area contributed by atoms with Crippen molar-refractivity contribution in [3.05, 3.63) is 48.5 Å². The molecular weight excluding hydrogens is 442 g/mol. The molecule has 1 N–H and O–H groups in total. The number of sulfonamides is 1. The van der Waals surface area contributed by atoms with Gasteiger partial charge in [-0.1, -0.05) is 18.2 Å². The predicted molar refractivity (Wildman–Crippen MR) is 126 cm³/mol. The van der Waals surface area contributed by atoms with Crippen LogP contribution in [0.4, 0.5) is 11.4 Å². The molecule has 1 saturated carbocycles. The van der Waals surface area contributed by atoms with Crippen LogP contribution in [0.5, 0.6) is 5.75 Å². The molecule has 1 saturated heterocycles. The summed E-state index contributed by atoms with van der Waals surface area (Å²) in [6.45, 7) is 2.59. The number of para-hydroxylation sites is 1. The lowest BCUT2D eigenvalue weighted by molar-refractivity contribution is -0.137. The van der Waals surface area contributed by atoms with Crippen molar-refractivity contribution in [1.29, 1.82) is 0 Å². The van der Waals surface area contributed by atoms with Crippen molar-refractivity contribution in [2.24, 2.45) is 5.92 Å². The molecule has 1 heterocycles. The molecule has 0 aromatic heterocycles. The molecule has 2 aromatic rings. The van der Waals surface area contributed by atoms with Crippen LogP contribution in [-0.2, 0) is 19.6 Å². The third-order valence-corrected chi connectivity index (χ3v) is 8.01. The minimum absolute atomic E-state index is 0.0393. The molecule has 176 valence electrons. The zero-order chi connectivity index (χ0) is 23.6. The van der Waals surface area contributed by atoms with Gasteiger partial charge < -0.3 is 15.0 Å². The number of anilines is 2. The van der Waals surface area contributed by atoms with Gasteiger partial charge in [0.05, 0.1) is 23.4 Å². The van der Waals surface area contributed by atoms with E-state index in [4.69, 9.17) is 4.74 Å². The highest BCUT2D eigenvalue weighted by Crippen LogP contribution is 2.35. The summed E-state index contributed by atoms with van der Waals surface area (Å²) in [5.41, 5.74) is 0.819. The Morgan fingerprint density at radius 1 is 1.12 bits per heavy atom. The van der Waals surface area contributed by atoms with Gasteiger partial charge in [-0.15, -0.1) is 0 Å². The molecule has 2 aliphatic rings. The molecule has 9 heteroatoms. The second-order valence-electron chi connectivity index (χ2n) is 8.32. The number of methoxy groups -OCH3 is 1. The largest absolute Gasteiger partial charge is 0.495 e. The number of likely N-dealkylation sites (tertiary alicyclic amines) is 1. The Bertz CT molecular complexity index is 1130. The molecule has 1 atom stereocenters. The molecule has 0 radical (unpaired) electrons. The molecule has 2 amide bonds. The topological polar surface area (TPSA) is 96.0 Å². The summed E-state index contributed by atoms with van der Waals surface area (Å²) in [6.07, 6.45) is 3.12. The first-order valence-corrected chi connectivity index (χ1v) is 12.7. The molecule has 8 nitrogen and oxygen atoms in total. The molecule has 4 rings (SSSR count). The van der Waals surface area contributed by atoms with Gasteiger partial charge in [0.25, 0.3) is 10.0 Å². The lowest BCUT2D eigenvalue weighted by Crippen LogP contribution is -2.43. The van der Waals surface area contributed by atoms with E-state index < -0.39 is 16.1 Å². The molecule has 1 aliphatic heterocycles. The average Bonchev–Trinajstić information content (AvgIpc) is 3.55. The lowest BCUT2D eigenvalue weighted by Gasteiger charge is -2.25. The van der Waals surface area contributed by atoms with Gasteiger partial charge in [0.2, 0.25) is 11.8 Å². The van der Waals surface area contributed by atoms with E-state index in [2.05, 4.69) is 5.32 Å². The Labute approximate surface area is 194 Å². The Kier molecular flexibility index (Phi) is 6.60. The van der Waals surface area contributed by atoms with Gasteiger partial charge in [0, 0.05) is 19.0 Å². The van der Waals surface area contributed by atoms with Crippen LogP contribution in [0.3, 0.4) is 0 Å². The van der Waals surface area contributed by atoms with Gasteiger partial charge in [-0.05, 0) is 62.9 Å². The number of benzene rings is 2. The van der Waals surface area contributed by atoms with Crippen molar-refractivity contribution in [2.45, 2.75) is 43.5 Å². The van der Waals surface area contributed by atoms with Crippen LogP contribution in [0.2, 0.25) is 0 Å². The Balaban J connectivity index is 1.60. The van der Waals surface area contributed by atoms with Crippen LogP contribution in [0.15, 0.2) is 53.4 Å². The first kappa shape index (κ1) is 23.1. The van der Waals surface area contributed by atoms with Gasteiger partial charge in [-0.25, -0.2) is 8.42 Å². The fraction of sp³-hybridized carbons (Fsp3) is 0.417. The Morgan fingerprint density at radius 3 is 2.48 bits per heavy atom. The highest BCUT2D eigenvalue weighted by molar-refractivity contribution is 7.92. The summed E-state index contributed by atoms with van der Waals surface area (Å²) in [7, 11) is -2.41. The fourth-order valence-electron chi connectivity index (χ4n) is 4.24. The van der Waals surface area contributed by atoms with E-state index in [1.165, 1.54) is 29.6 Å². The number of carbonyl (C=O) groups is 2. The van der Waals surface area contributed by atoms with Gasteiger partial charge >= 0.3 is 0 Å². The highest BCUT2D eigenvalue weighted by Gasteiger charge is 2.41. The standard InChI is InChI=1S/C24H29N3O5S/c1-3-27(18-8-5-4-6-9-18)33(30,31)19-13-14-22(32-2)20(16-19)25-23(28)21-10-7-15-26(21)24(29)17-11-12-17/h4-6,8-9,13-14,16-17,21H,3,7,10-12,15H2,1-2H3,(H,25,28). The van der Waals surface area contributed by atoms with Crippen molar-refractivity contribution in [2.75, 3.05) is 29.8 Å². The van der Waals surface area contributed by atoms with Crippen LogP contribution >= 0.6 is 0 Å². The number of carbonyl (C=O) groups excluding carboxylic acids is 2. The zero-order valence-electron chi connectivity index (χ0n) is 18.9. The van der Waals surface area contributed by atoms with E-state index in [0.717, 1.165) is 19.3 Å². The summed E-state index contributed by atoms with van der Waals surface area (Å²) in [5.74, 6) is 0.102. The van der Waals surface area contributed by atoms with Crippen LogP contribution in [0.25, 0.3) is 0 Å². The maximum atomic E-state index is 13.4. The van der Waals surface area contributed by atoms with E-state index in [9.17, 15) is 18.0 Å². The molecule has 0 spiro atoms. The molecular formula is C24H29N3O5S.